The van der Waals surface area contributed by atoms with Crippen LogP contribution in [0.5, 0.6) is 5.75 Å². The van der Waals surface area contributed by atoms with Crippen LogP contribution in [0.15, 0.2) is 29.3 Å². The van der Waals surface area contributed by atoms with Gasteiger partial charge in [-0.3, -0.25) is 9.79 Å². The van der Waals surface area contributed by atoms with Crippen LogP contribution in [0, 0.1) is 0 Å². The summed E-state index contributed by atoms with van der Waals surface area (Å²) in [7, 11) is 1.59. The van der Waals surface area contributed by atoms with Gasteiger partial charge in [-0.1, -0.05) is 0 Å². The summed E-state index contributed by atoms with van der Waals surface area (Å²) in [6, 6.07) is 6.97. The number of hydrogen-bond donors (Lipinski definition) is 3. The molecular weight excluding hydrogens is 244 g/mol. The van der Waals surface area contributed by atoms with Crippen molar-refractivity contribution in [2.45, 2.75) is 12.8 Å². The smallest absolute Gasteiger partial charge is 0.251 e. The first kappa shape index (κ1) is 14.8. The van der Waals surface area contributed by atoms with Crippen molar-refractivity contribution in [1.29, 1.82) is 0 Å². The first-order valence-electron chi connectivity index (χ1n) is 6.11. The largest absolute Gasteiger partial charge is 0.497 e. The van der Waals surface area contributed by atoms with E-state index in [-0.39, 0.29) is 11.9 Å². The highest BCUT2D eigenvalue weighted by molar-refractivity contribution is 5.94. The molecule has 6 nitrogen and oxygen atoms in total. The second-order valence-electron chi connectivity index (χ2n) is 4.00. The molecular formula is C13H20N4O2. The number of unbranched alkanes of at least 4 members (excludes halogenated alkanes) is 1. The molecule has 19 heavy (non-hydrogen) atoms. The molecule has 0 aliphatic carbocycles. The van der Waals surface area contributed by atoms with E-state index in [1.54, 1.807) is 31.4 Å². The number of aliphatic imine (C=N–C) groups is 1. The second-order valence-corrected chi connectivity index (χ2v) is 4.00. The van der Waals surface area contributed by atoms with Gasteiger partial charge in [-0.25, -0.2) is 0 Å². The molecule has 1 rings (SSSR count). The average molecular weight is 264 g/mol. The van der Waals surface area contributed by atoms with E-state index in [1.165, 1.54) is 0 Å². The summed E-state index contributed by atoms with van der Waals surface area (Å²) >= 11 is 0. The number of carbonyl (C=O) groups excluding carboxylic acids is 1. The molecule has 0 aliphatic heterocycles. The first-order chi connectivity index (χ1) is 9.13. The maximum Gasteiger partial charge on any atom is 0.251 e. The molecule has 5 N–H and O–H groups in total. The van der Waals surface area contributed by atoms with Crippen LogP contribution in [-0.4, -0.2) is 32.1 Å². The summed E-state index contributed by atoms with van der Waals surface area (Å²) in [6.45, 7) is 1.19. The number of amides is 1. The number of rotatable bonds is 7. The van der Waals surface area contributed by atoms with Gasteiger partial charge in [0.2, 0.25) is 0 Å². The molecule has 0 atom stereocenters. The Labute approximate surface area is 112 Å². The number of nitrogens with two attached hydrogens (primary N) is 2. The van der Waals surface area contributed by atoms with Crippen LogP contribution < -0.4 is 21.5 Å². The second kappa shape index (κ2) is 7.97. The summed E-state index contributed by atoms with van der Waals surface area (Å²) < 4.78 is 5.03. The van der Waals surface area contributed by atoms with Gasteiger partial charge in [-0.15, -0.1) is 0 Å². The molecule has 0 fully saturated rings. The standard InChI is InChI=1S/C13H20N4O2/c1-19-11-6-4-10(5-7-11)12(18)16-8-2-3-9-17-13(14)15/h4-7H,2-3,8-9H2,1H3,(H,16,18)(H4,14,15,17). The zero-order chi connectivity index (χ0) is 14.1. The third kappa shape index (κ3) is 5.76. The molecule has 104 valence electrons. The van der Waals surface area contributed by atoms with Crippen molar-refractivity contribution < 1.29 is 9.53 Å². The van der Waals surface area contributed by atoms with Gasteiger partial charge in [0, 0.05) is 18.7 Å². The van der Waals surface area contributed by atoms with Crippen molar-refractivity contribution in [3.05, 3.63) is 29.8 Å². The number of methoxy groups -OCH3 is 1. The van der Waals surface area contributed by atoms with Crippen molar-refractivity contribution in [3.8, 4) is 5.75 Å². The van der Waals surface area contributed by atoms with E-state index in [9.17, 15) is 4.79 Å². The normalized spacial score (nSPS) is 9.74. The first-order valence-corrected chi connectivity index (χ1v) is 6.11. The Hall–Kier alpha value is -2.24. The zero-order valence-corrected chi connectivity index (χ0v) is 11.1. The van der Waals surface area contributed by atoms with E-state index in [4.69, 9.17) is 16.2 Å². The van der Waals surface area contributed by atoms with Crippen molar-refractivity contribution >= 4 is 11.9 Å². The number of benzene rings is 1. The Morgan fingerprint density at radius 2 is 1.95 bits per heavy atom. The van der Waals surface area contributed by atoms with E-state index < -0.39 is 0 Å². The highest BCUT2D eigenvalue weighted by Crippen LogP contribution is 2.10. The molecule has 0 radical (unpaired) electrons. The van der Waals surface area contributed by atoms with Crippen LogP contribution in [0.2, 0.25) is 0 Å². The number of guanidine groups is 1. The topological polar surface area (TPSA) is 103 Å². The Morgan fingerprint density at radius 3 is 2.53 bits per heavy atom. The van der Waals surface area contributed by atoms with E-state index in [0.29, 0.717) is 18.7 Å². The molecule has 1 aromatic rings. The van der Waals surface area contributed by atoms with Gasteiger partial charge in [-0.05, 0) is 37.1 Å². The SMILES string of the molecule is COc1ccc(C(=O)NCCCCN=C(N)N)cc1. The number of ether oxygens (including phenoxy) is 1. The van der Waals surface area contributed by atoms with Gasteiger partial charge >= 0.3 is 0 Å². The maximum absolute atomic E-state index is 11.8. The van der Waals surface area contributed by atoms with Gasteiger partial charge in [0.25, 0.3) is 5.91 Å². The van der Waals surface area contributed by atoms with Crippen LogP contribution in [0.1, 0.15) is 23.2 Å². The number of hydrogen-bond acceptors (Lipinski definition) is 3. The zero-order valence-electron chi connectivity index (χ0n) is 11.1. The van der Waals surface area contributed by atoms with Crippen molar-refractivity contribution in [3.63, 3.8) is 0 Å². The quantitative estimate of drug-likeness (QED) is 0.378. The maximum atomic E-state index is 11.8. The average Bonchev–Trinajstić information content (AvgIpc) is 2.42. The van der Waals surface area contributed by atoms with Crippen LogP contribution in [-0.2, 0) is 0 Å². The number of nitrogens with zero attached hydrogens (tertiary/aromatic N) is 1. The fourth-order valence-corrected chi connectivity index (χ4v) is 1.49. The van der Waals surface area contributed by atoms with Crippen LogP contribution in [0.4, 0.5) is 0 Å². The Kier molecular flexibility index (Phi) is 6.21. The lowest BCUT2D eigenvalue weighted by Crippen LogP contribution is -2.25. The summed E-state index contributed by atoms with van der Waals surface area (Å²) in [6.07, 6.45) is 1.67. The molecule has 0 bridgehead atoms. The van der Waals surface area contributed by atoms with Gasteiger partial charge in [0.05, 0.1) is 7.11 Å². The van der Waals surface area contributed by atoms with Crippen LogP contribution >= 0.6 is 0 Å². The number of nitrogens with one attached hydrogen (secondary N) is 1. The highest BCUT2D eigenvalue weighted by atomic mass is 16.5. The molecule has 0 saturated carbocycles. The minimum Gasteiger partial charge on any atom is -0.497 e. The van der Waals surface area contributed by atoms with Crippen LogP contribution in [0.25, 0.3) is 0 Å². The van der Waals surface area contributed by atoms with E-state index in [0.717, 1.165) is 18.6 Å². The summed E-state index contributed by atoms with van der Waals surface area (Å²) in [5.74, 6) is 0.737. The van der Waals surface area contributed by atoms with Gasteiger partial charge < -0.3 is 21.5 Å². The minimum absolute atomic E-state index is 0.0931. The Balaban J connectivity index is 2.25. The van der Waals surface area contributed by atoms with Gasteiger partial charge in [-0.2, -0.15) is 0 Å². The third-order valence-electron chi connectivity index (χ3n) is 2.52. The molecule has 0 unspecified atom stereocenters. The fraction of sp³-hybridized carbons (Fsp3) is 0.385. The Bertz CT molecular complexity index is 425. The molecule has 0 aromatic heterocycles. The molecule has 1 amide bonds. The molecule has 0 heterocycles. The lowest BCUT2D eigenvalue weighted by Gasteiger charge is -2.05. The Morgan fingerprint density at radius 1 is 1.26 bits per heavy atom. The molecule has 0 saturated heterocycles. The van der Waals surface area contributed by atoms with Crippen LogP contribution in [0.3, 0.4) is 0 Å². The fourth-order valence-electron chi connectivity index (χ4n) is 1.49. The lowest BCUT2D eigenvalue weighted by molar-refractivity contribution is 0.0953. The van der Waals surface area contributed by atoms with E-state index in [2.05, 4.69) is 10.3 Å². The molecule has 0 spiro atoms. The summed E-state index contributed by atoms with van der Waals surface area (Å²) in [5.41, 5.74) is 11.0. The summed E-state index contributed by atoms with van der Waals surface area (Å²) in [4.78, 5) is 15.6. The minimum atomic E-state index is -0.0931. The molecule has 0 aliphatic rings. The lowest BCUT2D eigenvalue weighted by atomic mass is 10.2. The molecule has 6 heteroatoms. The van der Waals surface area contributed by atoms with Gasteiger partial charge in [0.1, 0.15) is 5.75 Å². The summed E-state index contributed by atoms with van der Waals surface area (Å²) in [5, 5.41) is 2.83. The van der Waals surface area contributed by atoms with E-state index in [1.807, 2.05) is 0 Å². The highest BCUT2D eigenvalue weighted by Gasteiger charge is 2.04. The molecule has 1 aromatic carbocycles. The number of carbonyl (C=O) groups is 1. The predicted molar refractivity (Wildman–Crippen MR) is 75.2 cm³/mol. The predicted octanol–water partition coefficient (Wildman–Crippen LogP) is 0.479. The van der Waals surface area contributed by atoms with Crippen molar-refractivity contribution in [2.75, 3.05) is 20.2 Å². The third-order valence-corrected chi connectivity index (χ3v) is 2.52. The van der Waals surface area contributed by atoms with Crippen molar-refractivity contribution in [1.82, 2.24) is 5.32 Å². The van der Waals surface area contributed by atoms with E-state index >= 15 is 0 Å². The van der Waals surface area contributed by atoms with Gasteiger partial charge in [0.15, 0.2) is 5.96 Å². The van der Waals surface area contributed by atoms with Crippen molar-refractivity contribution in [2.24, 2.45) is 16.5 Å². The monoisotopic (exact) mass is 264 g/mol.